The van der Waals surface area contributed by atoms with Gasteiger partial charge in [0.25, 0.3) is 0 Å². The number of urea groups is 1. The van der Waals surface area contributed by atoms with Crippen molar-refractivity contribution in [2.75, 3.05) is 5.32 Å². The fourth-order valence-corrected chi connectivity index (χ4v) is 2.16. The molecule has 0 radical (unpaired) electrons. The van der Waals surface area contributed by atoms with Gasteiger partial charge in [-0.15, -0.1) is 5.10 Å². The second kappa shape index (κ2) is 5.80. The summed E-state index contributed by atoms with van der Waals surface area (Å²) in [5, 5.41) is 17.6. The van der Waals surface area contributed by atoms with Crippen LogP contribution in [0.15, 0.2) is 30.9 Å². The standard InChI is InChI=1S/C13H16N8O/c1-9(6-21-8-14-7-15-21)16-13(22)17-10-3-4-12-11(5-10)18-19-20(12)2/h3-5,7-9H,6H2,1-2H3,(H2,16,17,22)/t9-/m1/s1. The fraction of sp³-hybridized carbons (Fsp3) is 0.308. The van der Waals surface area contributed by atoms with Crippen LogP contribution in [0.4, 0.5) is 10.5 Å². The van der Waals surface area contributed by atoms with E-state index < -0.39 is 0 Å². The summed E-state index contributed by atoms with van der Waals surface area (Å²) in [5.74, 6) is 0. The molecule has 114 valence electrons. The topological polar surface area (TPSA) is 103 Å². The van der Waals surface area contributed by atoms with E-state index >= 15 is 0 Å². The van der Waals surface area contributed by atoms with E-state index in [0.29, 0.717) is 12.2 Å². The Hall–Kier alpha value is -2.97. The molecule has 3 aromatic rings. The predicted octanol–water partition coefficient (Wildman–Crippen LogP) is 0.770. The average Bonchev–Trinajstić information content (AvgIpc) is 3.09. The van der Waals surface area contributed by atoms with Crippen molar-refractivity contribution in [3.05, 3.63) is 30.9 Å². The summed E-state index contributed by atoms with van der Waals surface area (Å²) in [5.41, 5.74) is 2.31. The number of nitrogens with zero attached hydrogens (tertiary/aromatic N) is 6. The van der Waals surface area contributed by atoms with Gasteiger partial charge in [0, 0.05) is 18.8 Å². The van der Waals surface area contributed by atoms with Gasteiger partial charge in [-0.25, -0.2) is 14.5 Å². The van der Waals surface area contributed by atoms with Crippen LogP contribution >= 0.6 is 0 Å². The quantitative estimate of drug-likeness (QED) is 0.741. The number of amides is 2. The molecular weight excluding hydrogens is 284 g/mol. The minimum atomic E-state index is -0.282. The van der Waals surface area contributed by atoms with Crippen LogP contribution in [0.5, 0.6) is 0 Å². The van der Waals surface area contributed by atoms with Crippen LogP contribution in [-0.4, -0.2) is 41.8 Å². The number of carbonyl (C=O) groups excluding carboxylic acids is 1. The molecule has 9 nitrogen and oxygen atoms in total. The third-order valence-electron chi connectivity index (χ3n) is 3.17. The number of anilines is 1. The van der Waals surface area contributed by atoms with Crippen LogP contribution < -0.4 is 10.6 Å². The zero-order valence-corrected chi connectivity index (χ0v) is 12.3. The van der Waals surface area contributed by atoms with Crippen molar-refractivity contribution in [3.8, 4) is 0 Å². The second-order valence-corrected chi connectivity index (χ2v) is 5.03. The minimum absolute atomic E-state index is 0.0815. The number of carbonyl (C=O) groups is 1. The number of hydrogen-bond donors (Lipinski definition) is 2. The number of rotatable bonds is 4. The number of nitrogens with one attached hydrogen (secondary N) is 2. The van der Waals surface area contributed by atoms with Gasteiger partial charge in [0.1, 0.15) is 18.2 Å². The minimum Gasteiger partial charge on any atom is -0.334 e. The predicted molar refractivity (Wildman–Crippen MR) is 80.1 cm³/mol. The van der Waals surface area contributed by atoms with Crippen molar-refractivity contribution >= 4 is 22.8 Å². The maximum atomic E-state index is 12.0. The highest BCUT2D eigenvalue weighted by atomic mass is 16.2. The van der Waals surface area contributed by atoms with Gasteiger partial charge in [-0.2, -0.15) is 5.10 Å². The largest absolute Gasteiger partial charge is 0.334 e. The highest BCUT2D eigenvalue weighted by Crippen LogP contribution is 2.16. The Bertz CT molecular complexity index is 779. The zero-order valence-electron chi connectivity index (χ0n) is 12.3. The Labute approximate surface area is 126 Å². The molecule has 1 aromatic carbocycles. The van der Waals surface area contributed by atoms with Gasteiger partial charge in [-0.05, 0) is 25.1 Å². The van der Waals surface area contributed by atoms with E-state index in [0.717, 1.165) is 11.0 Å². The lowest BCUT2D eigenvalue weighted by Crippen LogP contribution is -2.38. The van der Waals surface area contributed by atoms with Crippen molar-refractivity contribution in [1.82, 2.24) is 35.1 Å². The first kappa shape index (κ1) is 14.0. The van der Waals surface area contributed by atoms with E-state index in [1.807, 2.05) is 26.1 Å². The highest BCUT2D eigenvalue weighted by molar-refractivity contribution is 5.91. The van der Waals surface area contributed by atoms with Gasteiger partial charge in [-0.1, -0.05) is 5.21 Å². The lowest BCUT2D eigenvalue weighted by Gasteiger charge is -2.14. The molecule has 22 heavy (non-hydrogen) atoms. The molecule has 1 atom stereocenters. The molecular formula is C13H16N8O. The average molecular weight is 300 g/mol. The van der Waals surface area contributed by atoms with Gasteiger partial charge in [0.2, 0.25) is 0 Å². The molecule has 3 rings (SSSR count). The van der Waals surface area contributed by atoms with E-state index in [9.17, 15) is 4.79 Å². The zero-order chi connectivity index (χ0) is 15.5. The molecule has 2 heterocycles. The van der Waals surface area contributed by atoms with Gasteiger partial charge in [-0.3, -0.25) is 4.68 Å². The van der Waals surface area contributed by atoms with Gasteiger partial charge < -0.3 is 10.6 Å². The molecule has 2 N–H and O–H groups in total. The van der Waals surface area contributed by atoms with Crippen LogP contribution in [0.3, 0.4) is 0 Å². The third-order valence-corrected chi connectivity index (χ3v) is 3.17. The molecule has 0 bridgehead atoms. The van der Waals surface area contributed by atoms with Crippen molar-refractivity contribution in [2.45, 2.75) is 19.5 Å². The smallest absolute Gasteiger partial charge is 0.319 e. The number of benzene rings is 1. The fourth-order valence-electron chi connectivity index (χ4n) is 2.16. The van der Waals surface area contributed by atoms with E-state index in [-0.39, 0.29) is 12.1 Å². The van der Waals surface area contributed by atoms with Crippen molar-refractivity contribution in [2.24, 2.45) is 7.05 Å². The molecule has 0 saturated heterocycles. The van der Waals surface area contributed by atoms with E-state index in [2.05, 4.69) is 31.0 Å². The van der Waals surface area contributed by atoms with E-state index in [4.69, 9.17) is 0 Å². The molecule has 2 aromatic heterocycles. The van der Waals surface area contributed by atoms with Crippen LogP contribution in [0.1, 0.15) is 6.92 Å². The first-order valence-corrected chi connectivity index (χ1v) is 6.81. The number of hydrogen-bond acceptors (Lipinski definition) is 5. The highest BCUT2D eigenvalue weighted by Gasteiger charge is 2.09. The third kappa shape index (κ3) is 3.03. The molecule has 2 amide bonds. The van der Waals surface area contributed by atoms with E-state index in [1.54, 1.807) is 21.8 Å². The van der Waals surface area contributed by atoms with Crippen LogP contribution in [-0.2, 0) is 13.6 Å². The van der Waals surface area contributed by atoms with Crippen LogP contribution in [0.2, 0.25) is 0 Å². The van der Waals surface area contributed by atoms with Crippen molar-refractivity contribution in [3.63, 3.8) is 0 Å². The van der Waals surface area contributed by atoms with Gasteiger partial charge in [0.15, 0.2) is 0 Å². The van der Waals surface area contributed by atoms with E-state index in [1.165, 1.54) is 6.33 Å². The SMILES string of the molecule is C[C@H](Cn1cncn1)NC(=O)Nc1ccc2c(c1)nnn2C. The summed E-state index contributed by atoms with van der Waals surface area (Å²) in [6.07, 6.45) is 3.07. The summed E-state index contributed by atoms with van der Waals surface area (Å²) in [6.45, 7) is 2.45. The monoisotopic (exact) mass is 300 g/mol. The molecule has 0 aliphatic rings. The van der Waals surface area contributed by atoms with Gasteiger partial charge in [0.05, 0.1) is 12.1 Å². The van der Waals surface area contributed by atoms with Gasteiger partial charge >= 0.3 is 6.03 Å². The molecule has 0 aliphatic heterocycles. The maximum Gasteiger partial charge on any atom is 0.319 e. The van der Waals surface area contributed by atoms with Crippen molar-refractivity contribution in [1.29, 1.82) is 0 Å². The Morgan fingerprint density at radius 1 is 1.41 bits per heavy atom. The Kier molecular flexibility index (Phi) is 3.69. The van der Waals surface area contributed by atoms with Crippen LogP contribution in [0, 0.1) is 0 Å². The Morgan fingerprint density at radius 3 is 3.05 bits per heavy atom. The molecule has 0 fully saturated rings. The Morgan fingerprint density at radius 2 is 2.27 bits per heavy atom. The van der Waals surface area contributed by atoms with Crippen molar-refractivity contribution < 1.29 is 4.79 Å². The molecule has 0 aliphatic carbocycles. The molecule has 0 saturated carbocycles. The molecule has 0 unspecified atom stereocenters. The normalized spacial score (nSPS) is 12.3. The molecule has 9 heteroatoms. The maximum absolute atomic E-state index is 12.0. The number of aromatic nitrogens is 6. The summed E-state index contributed by atoms with van der Waals surface area (Å²) in [4.78, 5) is 15.8. The summed E-state index contributed by atoms with van der Waals surface area (Å²) < 4.78 is 3.34. The first-order valence-electron chi connectivity index (χ1n) is 6.81. The second-order valence-electron chi connectivity index (χ2n) is 5.03. The summed E-state index contributed by atoms with van der Waals surface area (Å²) in [6, 6.07) is 5.10. The summed E-state index contributed by atoms with van der Waals surface area (Å²) >= 11 is 0. The first-order chi connectivity index (χ1) is 10.6. The molecule has 0 spiro atoms. The Balaban J connectivity index is 1.60. The number of fused-ring (bicyclic) bond motifs is 1. The number of aryl methyl sites for hydroxylation is 1. The summed E-state index contributed by atoms with van der Waals surface area (Å²) in [7, 11) is 1.82. The lowest BCUT2D eigenvalue weighted by molar-refractivity contribution is 0.247. The lowest BCUT2D eigenvalue weighted by atomic mass is 10.2. The van der Waals surface area contributed by atoms with Crippen LogP contribution in [0.25, 0.3) is 11.0 Å².